The highest BCUT2D eigenvalue weighted by molar-refractivity contribution is 5.85. The Hall–Kier alpha value is -1.30. The van der Waals surface area contributed by atoms with Crippen LogP contribution in [0.3, 0.4) is 0 Å². The Bertz CT molecular complexity index is 447. The van der Waals surface area contributed by atoms with E-state index in [-0.39, 0.29) is 24.9 Å². The molecule has 5 nitrogen and oxygen atoms in total. The fourth-order valence-electron chi connectivity index (χ4n) is 2.54. The van der Waals surface area contributed by atoms with Crippen molar-refractivity contribution in [3.05, 3.63) is 29.8 Å². The fourth-order valence-corrected chi connectivity index (χ4v) is 2.54. The molecule has 2 rings (SSSR count). The van der Waals surface area contributed by atoms with Gasteiger partial charge < -0.3 is 20.5 Å². The Kier molecular flexibility index (Phi) is 8.24. The molecule has 124 valence electrons. The van der Waals surface area contributed by atoms with Gasteiger partial charge in [0.15, 0.2) is 0 Å². The number of hydrogen-bond acceptors (Lipinski definition) is 4. The number of aliphatic hydroxyl groups is 1. The zero-order valence-electron chi connectivity index (χ0n) is 12.9. The fraction of sp³-hybridized carbons (Fsp3) is 0.562. The molecule has 22 heavy (non-hydrogen) atoms. The Labute approximate surface area is 137 Å². The van der Waals surface area contributed by atoms with Crippen molar-refractivity contribution in [1.82, 2.24) is 10.6 Å². The summed E-state index contributed by atoms with van der Waals surface area (Å²) in [6.45, 7) is 2.32. The lowest BCUT2D eigenvalue weighted by Crippen LogP contribution is -2.28. The van der Waals surface area contributed by atoms with Crippen molar-refractivity contribution in [2.45, 2.75) is 25.4 Å². The largest absolute Gasteiger partial charge is 0.497 e. The van der Waals surface area contributed by atoms with Gasteiger partial charge in [-0.2, -0.15) is 0 Å². The molecule has 1 aromatic rings. The Morgan fingerprint density at radius 1 is 1.45 bits per heavy atom. The zero-order valence-corrected chi connectivity index (χ0v) is 13.7. The second-order valence-corrected chi connectivity index (χ2v) is 5.49. The second kappa shape index (κ2) is 9.66. The van der Waals surface area contributed by atoms with Crippen molar-refractivity contribution >= 4 is 18.3 Å². The van der Waals surface area contributed by atoms with Crippen molar-refractivity contribution in [2.75, 3.05) is 26.7 Å². The van der Waals surface area contributed by atoms with Crippen molar-refractivity contribution in [2.24, 2.45) is 5.92 Å². The first-order valence-electron chi connectivity index (χ1n) is 7.48. The molecule has 2 atom stereocenters. The number of amides is 1. The molecule has 0 radical (unpaired) electrons. The summed E-state index contributed by atoms with van der Waals surface area (Å²) in [5, 5.41) is 16.1. The first-order chi connectivity index (χ1) is 10.2. The van der Waals surface area contributed by atoms with Gasteiger partial charge in [0.25, 0.3) is 0 Å². The summed E-state index contributed by atoms with van der Waals surface area (Å²) in [7, 11) is 1.60. The molecule has 1 saturated heterocycles. The standard InChI is InChI=1S/C16H24N2O3.ClH/c1-21-14-5-3-13(4-6-14)15(19)11-18-16(20)7-2-12-8-9-17-10-12;/h3-6,12,15,17,19H,2,7-11H2,1H3,(H,18,20);1H. The van der Waals surface area contributed by atoms with Gasteiger partial charge in [0.1, 0.15) is 5.75 Å². The zero-order chi connectivity index (χ0) is 15.1. The summed E-state index contributed by atoms with van der Waals surface area (Å²) in [4.78, 5) is 11.8. The lowest BCUT2D eigenvalue weighted by atomic mass is 10.0. The molecule has 1 aromatic carbocycles. The third-order valence-electron chi connectivity index (χ3n) is 3.94. The van der Waals surface area contributed by atoms with E-state index >= 15 is 0 Å². The molecule has 0 spiro atoms. The first-order valence-corrected chi connectivity index (χ1v) is 7.48. The monoisotopic (exact) mass is 328 g/mol. The number of methoxy groups -OCH3 is 1. The van der Waals surface area contributed by atoms with E-state index < -0.39 is 6.10 Å². The van der Waals surface area contributed by atoms with Crippen LogP contribution in [0, 0.1) is 5.92 Å². The summed E-state index contributed by atoms with van der Waals surface area (Å²) in [5.41, 5.74) is 0.774. The number of aliphatic hydroxyl groups excluding tert-OH is 1. The van der Waals surface area contributed by atoms with Gasteiger partial charge in [-0.25, -0.2) is 0 Å². The number of benzene rings is 1. The first kappa shape index (κ1) is 18.7. The van der Waals surface area contributed by atoms with Crippen LogP contribution in [-0.4, -0.2) is 37.8 Å². The van der Waals surface area contributed by atoms with Gasteiger partial charge in [0.05, 0.1) is 13.2 Å². The molecule has 1 fully saturated rings. The minimum absolute atomic E-state index is 0. The van der Waals surface area contributed by atoms with Crippen LogP contribution >= 0.6 is 12.4 Å². The van der Waals surface area contributed by atoms with E-state index in [4.69, 9.17) is 4.74 Å². The van der Waals surface area contributed by atoms with Crippen LogP contribution in [0.15, 0.2) is 24.3 Å². The van der Waals surface area contributed by atoms with Crippen molar-refractivity contribution in [1.29, 1.82) is 0 Å². The maximum Gasteiger partial charge on any atom is 0.220 e. The van der Waals surface area contributed by atoms with Gasteiger partial charge in [-0.05, 0) is 49.5 Å². The minimum Gasteiger partial charge on any atom is -0.497 e. The van der Waals surface area contributed by atoms with Crippen molar-refractivity contribution in [3.8, 4) is 5.75 Å². The van der Waals surface area contributed by atoms with E-state index in [0.29, 0.717) is 12.3 Å². The number of halogens is 1. The van der Waals surface area contributed by atoms with E-state index in [2.05, 4.69) is 10.6 Å². The van der Waals surface area contributed by atoms with Gasteiger partial charge in [0.2, 0.25) is 5.91 Å². The number of rotatable bonds is 7. The summed E-state index contributed by atoms with van der Waals surface area (Å²) < 4.78 is 5.07. The van der Waals surface area contributed by atoms with Gasteiger partial charge in [-0.15, -0.1) is 12.4 Å². The quantitative estimate of drug-likeness (QED) is 0.712. The van der Waals surface area contributed by atoms with Gasteiger partial charge >= 0.3 is 0 Å². The highest BCUT2D eigenvalue weighted by Crippen LogP contribution is 2.17. The molecule has 1 aliphatic heterocycles. The number of carbonyl (C=O) groups excluding carboxylic acids is 1. The molecular weight excluding hydrogens is 304 g/mol. The molecule has 0 saturated carbocycles. The smallest absolute Gasteiger partial charge is 0.220 e. The third kappa shape index (κ3) is 5.83. The SMILES string of the molecule is COc1ccc(C(O)CNC(=O)CCC2CCNC2)cc1.Cl. The third-order valence-corrected chi connectivity index (χ3v) is 3.94. The Morgan fingerprint density at radius 3 is 2.77 bits per heavy atom. The minimum atomic E-state index is -0.687. The maximum absolute atomic E-state index is 11.8. The molecule has 6 heteroatoms. The number of ether oxygens (including phenoxy) is 1. The van der Waals surface area contributed by atoms with E-state index in [1.54, 1.807) is 31.4 Å². The number of hydrogen-bond donors (Lipinski definition) is 3. The molecule has 1 aliphatic rings. The number of nitrogens with one attached hydrogen (secondary N) is 2. The van der Waals surface area contributed by atoms with Crippen molar-refractivity contribution < 1.29 is 14.6 Å². The van der Waals surface area contributed by atoms with Gasteiger partial charge in [-0.3, -0.25) is 4.79 Å². The normalized spacial score (nSPS) is 18.4. The maximum atomic E-state index is 11.8. The molecule has 0 aliphatic carbocycles. The summed E-state index contributed by atoms with van der Waals surface area (Å²) in [6.07, 6.45) is 1.91. The van der Waals surface area contributed by atoms with Gasteiger partial charge in [0, 0.05) is 13.0 Å². The highest BCUT2D eigenvalue weighted by atomic mass is 35.5. The molecule has 2 unspecified atom stereocenters. The molecule has 1 heterocycles. The van der Waals surface area contributed by atoms with Gasteiger partial charge in [-0.1, -0.05) is 12.1 Å². The molecule has 0 aromatic heterocycles. The van der Waals surface area contributed by atoms with Crippen LogP contribution in [0.25, 0.3) is 0 Å². The second-order valence-electron chi connectivity index (χ2n) is 5.49. The van der Waals surface area contributed by atoms with E-state index in [0.717, 1.165) is 37.2 Å². The Balaban J connectivity index is 0.00000242. The van der Waals surface area contributed by atoms with Crippen LogP contribution in [0.4, 0.5) is 0 Å². The van der Waals surface area contributed by atoms with E-state index in [1.165, 1.54) is 0 Å². The Morgan fingerprint density at radius 2 is 2.18 bits per heavy atom. The predicted molar refractivity (Wildman–Crippen MR) is 88.4 cm³/mol. The summed E-state index contributed by atoms with van der Waals surface area (Å²) >= 11 is 0. The van der Waals surface area contributed by atoms with E-state index in [1.807, 2.05) is 0 Å². The van der Waals surface area contributed by atoms with Crippen LogP contribution in [0.2, 0.25) is 0 Å². The number of carbonyl (C=O) groups is 1. The molecule has 1 amide bonds. The topological polar surface area (TPSA) is 70.6 Å². The summed E-state index contributed by atoms with van der Waals surface area (Å²) in [6, 6.07) is 7.21. The molecular formula is C16H25ClN2O3. The average molecular weight is 329 g/mol. The van der Waals surface area contributed by atoms with Crippen LogP contribution in [0.1, 0.15) is 30.9 Å². The lowest BCUT2D eigenvalue weighted by molar-refractivity contribution is -0.121. The lowest BCUT2D eigenvalue weighted by Gasteiger charge is -2.13. The predicted octanol–water partition coefficient (Wildman–Crippen LogP) is 1.66. The van der Waals surface area contributed by atoms with Crippen LogP contribution < -0.4 is 15.4 Å². The van der Waals surface area contributed by atoms with Crippen molar-refractivity contribution in [3.63, 3.8) is 0 Å². The molecule has 3 N–H and O–H groups in total. The summed E-state index contributed by atoms with van der Waals surface area (Å²) in [5.74, 6) is 1.37. The van der Waals surface area contributed by atoms with Crippen LogP contribution in [0.5, 0.6) is 5.75 Å². The van der Waals surface area contributed by atoms with E-state index in [9.17, 15) is 9.90 Å². The van der Waals surface area contributed by atoms with Crippen LogP contribution in [-0.2, 0) is 4.79 Å². The average Bonchev–Trinajstić information content (AvgIpc) is 3.04. The molecule has 0 bridgehead atoms. The highest BCUT2D eigenvalue weighted by Gasteiger charge is 2.16.